The van der Waals surface area contributed by atoms with Crippen molar-refractivity contribution < 1.29 is 31.9 Å². The van der Waals surface area contributed by atoms with Gasteiger partial charge in [-0.3, -0.25) is 19.3 Å². The Bertz CT molecular complexity index is 1300. The summed E-state index contributed by atoms with van der Waals surface area (Å²) in [5.74, 6) is -4.90. The van der Waals surface area contributed by atoms with Crippen LogP contribution in [0.5, 0.6) is 0 Å². The van der Waals surface area contributed by atoms with Gasteiger partial charge in [0, 0.05) is 17.8 Å². The first-order valence-corrected chi connectivity index (χ1v) is 11.0. The van der Waals surface area contributed by atoms with Gasteiger partial charge >= 0.3 is 6.18 Å². The molecular weight excluding hydrogens is 464 g/mol. The van der Waals surface area contributed by atoms with E-state index in [1.54, 1.807) is 38.2 Å². The molecule has 0 aromatic heterocycles. The second-order valence-corrected chi connectivity index (χ2v) is 9.85. The number of Topliss-reactive ketones (excluding diaryl/α,β-unsaturated/α-hetero) is 1. The molecule has 184 valence electrons. The van der Waals surface area contributed by atoms with E-state index in [0.717, 1.165) is 28.2 Å². The summed E-state index contributed by atoms with van der Waals surface area (Å²) >= 11 is 0. The predicted molar refractivity (Wildman–Crippen MR) is 121 cm³/mol. The number of ketones is 1. The Morgan fingerprint density at radius 2 is 1.66 bits per heavy atom. The van der Waals surface area contributed by atoms with Crippen LogP contribution >= 0.6 is 0 Å². The van der Waals surface area contributed by atoms with Crippen molar-refractivity contribution in [2.75, 3.05) is 4.90 Å². The number of nitrogens with one attached hydrogen (secondary N) is 1. The molecule has 0 spiro atoms. The summed E-state index contributed by atoms with van der Waals surface area (Å²) in [4.78, 5) is 40.8. The molecule has 1 unspecified atom stereocenters. The molecule has 1 atom stereocenters. The van der Waals surface area contributed by atoms with E-state index in [-0.39, 0.29) is 24.2 Å². The molecule has 0 radical (unpaired) electrons. The molecule has 0 fully saturated rings. The lowest BCUT2D eigenvalue weighted by atomic mass is 9.72. The predicted octanol–water partition coefficient (Wildman–Crippen LogP) is 5.16. The van der Waals surface area contributed by atoms with Crippen LogP contribution in [0.1, 0.15) is 48.2 Å². The molecule has 2 aromatic carbocycles. The number of halogens is 4. The standard InChI is InChI=1S/C26H24F4N2O3/c1-14-9-10-16(11-15(14)2)32-19-12-24(3,4)13-20(33)21(19)25(23(32)35,26(28,29)30)31-22(34)17-7-5-6-8-18(17)27/h5-11H,12-13H2,1-4H3,(H,31,34). The molecule has 0 saturated heterocycles. The van der Waals surface area contributed by atoms with Gasteiger partial charge in [-0.05, 0) is 61.1 Å². The summed E-state index contributed by atoms with van der Waals surface area (Å²) in [5, 5.41) is 1.75. The highest BCUT2D eigenvalue weighted by atomic mass is 19.4. The molecule has 0 saturated carbocycles. The number of carbonyl (C=O) groups excluding carboxylic acids is 3. The second kappa shape index (κ2) is 8.03. The molecule has 2 amide bonds. The van der Waals surface area contributed by atoms with Gasteiger partial charge in [-0.25, -0.2) is 4.39 Å². The number of benzene rings is 2. The van der Waals surface area contributed by atoms with Crippen molar-refractivity contribution in [3.8, 4) is 0 Å². The van der Waals surface area contributed by atoms with Gasteiger partial charge in [-0.15, -0.1) is 0 Å². The van der Waals surface area contributed by atoms with Gasteiger partial charge < -0.3 is 5.32 Å². The van der Waals surface area contributed by atoms with E-state index in [0.29, 0.717) is 0 Å². The zero-order chi connectivity index (χ0) is 25.9. The zero-order valence-corrected chi connectivity index (χ0v) is 19.6. The highest BCUT2D eigenvalue weighted by Crippen LogP contribution is 2.53. The van der Waals surface area contributed by atoms with Gasteiger partial charge in [0.2, 0.25) is 5.54 Å². The maximum Gasteiger partial charge on any atom is 0.425 e. The SMILES string of the molecule is Cc1ccc(N2C(=O)C(NC(=O)c3ccccc3F)(C(F)(F)F)C3=C2CC(C)(C)CC3=O)cc1C. The molecule has 4 rings (SSSR count). The number of allylic oxidation sites excluding steroid dienone is 1. The minimum atomic E-state index is -5.38. The minimum Gasteiger partial charge on any atom is -0.326 e. The summed E-state index contributed by atoms with van der Waals surface area (Å²) in [6.45, 7) is 7.02. The van der Waals surface area contributed by atoms with Crippen LogP contribution in [-0.4, -0.2) is 29.3 Å². The minimum absolute atomic E-state index is 0.000135. The van der Waals surface area contributed by atoms with Crippen LogP contribution in [0.4, 0.5) is 23.2 Å². The Balaban J connectivity index is 1.97. The molecule has 9 heteroatoms. The first-order valence-electron chi connectivity index (χ1n) is 11.0. The monoisotopic (exact) mass is 488 g/mol. The van der Waals surface area contributed by atoms with Crippen LogP contribution in [0.25, 0.3) is 0 Å². The summed E-state index contributed by atoms with van der Waals surface area (Å²) in [7, 11) is 0. The molecule has 1 heterocycles. The Hall–Kier alpha value is -3.49. The third-order valence-corrected chi connectivity index (χ3v) is 6.61. The van der Waals surface area contributed by atoms with E-state index >= 15 is 0 Å². The number of anilines is 1. The highest BCUT2D eigenvalue weighted by Gasteiger charge is 2.72. The Morgan fingerprint density at radius 1 is 1.00 bits per heavy atom. The highest BCUT2D eigenvalue weighted by molar-refractivity contribution is 6.21. The van der Waals surface area contributed by atoms with Crippen molar-refractivity contribution >= 4 is 23.3 Å². The topological polar surface area (TPSA) is 66.5 Å². The van der Waals surface area contributed by atoms with Crippen molar-refractivity contribution in [2.24, 2.45) is 5.41 Å². The Labute approximate surface area is 199 Å². The molecule has 1 aliphatic carbocycles. The third kappa shape index (κ3) is 3.83. The molecule has 2 aromatic rings. The van der Waals surface area contributed by atoms with Gasteiger partial charge in [0.1, 0.15) is 5.82 Å². The largest absolute Gasteiger partial charge is 0.425 e. The first-order chi connectivity index (χ1) is 16.2. The fourth-order valence-corrected chi connectivity index (χ4v) is 4.77. The third-order valence-electron chi connectivity index (χ3n) is 6.61. The Kier molecular flexibility index (Phi) is 5.65. The van der Waals surface area contributed by atoms with Crippen LogP contribution in [0, 0.1) is 25.1 Å². The van der Waals surface area contributed by atoms with Crippen molar-refractivity contribution in [1.82, 2.24) is 5.32 Å². The zero-order valence-electron chi connectivity index (χ0n) is 19.6. The smallest absolute Gasteiger partial charge is 0.326 e. The fraction of sp³-hybridized carbons (Fsp3) is 0.346. The summed E-state index contributed by atoms with van der Waals surface area (Å²) in [6, 6.07) is 9.23. The average Bonchev–Trinajstić information content (AvgIpc) is 2.98. The Morgan fingerprint density at radius 3 is 2.26 bits per heavy atom. The van der Waals surface area contributed by atoms with E-state index in [1.807, 2.05) is 6.92 Å². The van der Waals surface area contributed by atoms with E-state index in [2.05, 4.69) is 0 Å². The molecule has 1 aliphatic heterocycles. The fourth-order valence-electron chi connectivity index (χ4n) is 4.77. The van der Waals surface area contributed by atoms with Gasteiger partial charge in [0.25, 0.3) is 11.8 Å². The quantitative estimate of drug-likeness (QED) is 0.607. The van der Waals surface area contributed by atoms with Crippen molar-refractivity contribution in [3.63, 3.8) is 0 Å². The van der Waals surface area contributed by atoms with Crippen LogP contribution in [0.15, 0.2) is 53.7 Å². The molecule has 2 aliphatic rings. The van der Waals surface area contributed by atoms with Crippen LogP contribution < -0.4 is 10.2 Å². The first kappa shape index (κ1) is 24.6. The molecule has 5 nitrogen and oxygen atoms in total. The maximum absolute atomic E-state index is 14.9. The maximum atomic E-state index is 14.9. The van der Waals surface area contributed by atoms with Crippen molar-refractivity contribution in [2.45, 2.75) is 52.3 Å². The van der Waals surface area contributed by atoms with Crippen LogP contribution in [0.2, 0.25) is 0 Å². The van der Waals surface area contributed by atoms with E-state index < -0.39 is 51.7 Å². The number of rotatable bonds is 3. The number of hydrogen-bond donors (Lipinski definition) is 1. The normalized spacial score (nSPS) is 21.9. The molecule has 35 heavy (non-hydrogen) atoms. The number of carbonyl (C=O) groups is 3. The van der Waals surface area contributed by atoms with Crippen LogP contribution in [-0.2, 0) is 9.59 Å². The number of amides is 2. The second-order valence-electron chi connectivity index (χ2n) is 9.85. The number of nitrogens with zero attached hydrogens (tertiary/aromatic N) is 1. The number of hydrogen-bond acceptors (Lipinski definition) is 3. The van der Waals surface area contributed by atoms with Gasteiger partial charge in [-0.2, -0.15) is 13.2 Å². The summed E-state index contributed by atoms with van der Waals surface area (Å²) in [5.41, 5.74) is -4.19. The lowest BCUT2D eigenvalue weighted by Crippen LogP contribution is -2.66. The molecule has 0 bridgehead atoms. The van der Waals surface area contributed by atoms with Gasteiger partial charge in [0.05, 0.1) is 11.1 Å². The number of alkyl halides is 3. The molecule has 1 N–H and O–H groups in total. The van der Waals surface area contributed by atoms with Crippen LogP contribution in [0.3, 0.4) is 0 Å². The average molecular weight is 488 g/mol. The van der Waals surface area contributed by atoms with Gasteiger partial charge in [0.15, 0.2) is 5.78 Å². The lowest BCUT2D eigenvalue weighted by molar-refractivity contribution is -0.186. The van der Waals surface area contributed by atoms with Gasteiger partial charge in [-0.1, -0.05) is 32.0 Å². The molecular formula is C26H24F4N2O3. The van der Waals surface area contributed by atoms with E-state index in [1.165, 1.54) is 18.2 Å². The lowest BCUT2D eigenvalue weighted by Gasteiger charge is -2.35. The summed E-state index contributed by atoms with van der Waals surface area (Å²) in [6.07, 6.45) is -5.62. The summed E-state index contributed by atoms with van der Waals surface area (Å²) < 4.78 is 58.9. The van der Waals surface area contributed by atoms with E-state index in [9.17, 15) is 31.9 Å². The number of aryl methyl sites for hydroxylation is 2. The van der Waals surface area contributed by atoms with Crippen molar-refractivity contribution in [3.05, 3.63) is 76.2 Å². The van der Waals surface area contributed by atoms with Crippen molar-refractivity contribution in [1.29, 1.82) is 0 Å². The van der Waals surface area contributed by atoms with E-state index in [4.69, 9.17) is 0 Å².